The predicted octanol–water partition coefficient (Wildman–Crippen LogP) is 2.61. The van der Waals surface area contributed by atoms with Crippen LogP contribution in [0.1, 0.15) is 37.0 Å². The second-order valence-corrected chi connectivity index (χ2v) is 4.65. The maximum Gasteiger partial charge on any atom is 0.125 e. The Balaban J connectivity index is 2.14. The van der Waals surface area contributed by atoms with Gasteiger partial charge in [0.1, 0.15) is 11.9 Å². The van der Waals surface area contributed by atoms with Crippen LogP contribution in [0.5, 0.6) is 5.75 Å². The van der Waals surface area contributed by atoms with Crippen LogP contribution in [-0.4, -0.2) is 24.4 Å². The average molecular weight is 236 g/mol. The van der Waals surface area contributed by atoms with Crippen molar-refractivity contribution in [3.63, 3.8) is 0 Å². The van der Waals surface area contributed by atoms with Gasteiger partial charge in [-0.3, -0.25) is 0 Å². The van der Waals surface area contributed by atoms with Crippen LogP contribution in [-0.2, 0) is 4.74 Å². The second kappa shape index (κ2) is 5.52. The van der Waals surface area contributed by atoms with Crippen LogP contribution < -0.4 is 4.74 Å². The molecule has 0 spiro atoms. The van der Waals surface area contributed by atoms with Crippen LogP contribution in [0.3, 0.4) is 0 Å². The summed E-state index contributed by atoms with van der Waals surface area (Å²) in [7, 11) is 0. The van der Waals surface area contributed by atoms with E-state index in [0.717, 1.165) is 42.9 Å². The van der Waals surface area contributed by atoms with Gasteiger partial charge in [0.2, 0.25) is 0 Å². The third-order valence-corrected chi connectivity index (χ3v) is 3.08. The first-order valence-electron chi connectivity index (χ1n) is 6.20. The summed E-state index contributed by atoms with van der Waals surface area (Å²) >= 11 is 0. The lowest BCUT2D eigenvalue weighted by atomic mass is 10.1. The Bertz CT molecular complexity index is 368. The molecule has 1 aromatic carbocycles. The predicted molar refractivity (Wildman–Crippen MR) is 66.3 cm³/mol. The van der Waals surface area contributed by atoms with Gasteiger partial charge in [0.25, 0.3) is 0 Å². The number of aliphatic hydroxyl groups excluding tert-OH is 1. The summed E-state index contributed by atoms with van der Waals surface area (Å²) in [6, 6.07) is 5.94. The number of aryl methyl sites for hydroxylation is 1. The average Bonchev–Trinajstić information content (AvgIpc) is 2.30. The van der Waals surface area contributed by atoms with Crippen LogP contribution in [0.2, 0.25) is 0 Å². The van der Waals surface area contributed by atoms with Crippen LogP contribution in [0.15, 0.2) is 18.2 Å². The lowest BCUT2D eigenvalue weighted by Crippen LogP contribution is -2.26. The SMILES string of the molecule is Cc1ccc(C(C)O)c(OC2CCOCC2)c1. The molecule has 0 amide bonds. The zero-order valence-corrected chi connectivity index (χ0v) is 10.5. The van der Waals surface area contributed by atoms with Crippen molar-refractivity contribution >= 4 is 0 Å². The Hall–Kier alpha value is -1.06. The first kappa shape index (κ1) is 12.4. The summed E-state index contributed by atoms with van der Waals surface area (Å²) in [6.45, 7) is 5.32. The largest absolute Gasteiger partial charge is 0.490 e. The number of hydrogen-bond acceptors (Lipinski definition) is 3. The Morgan fingerprint density at radius 1 is 1.35 bits per heavy atom. The molecule has 1 unspecified atom stereocenters. The van der Waals surface area contributed by atoms with E-state index in [1.54, 1.807) is 6.92 Å². The first-order chi connectivity index (χ1) is 8.16. The van der Waals surface area contributed by atoms with Gasteiger partial charge >= 0.3 is 0 Å². The van der Waals surface area contributed by atoms with Crippen LogP contribution >= 0.6 is 0 Å². The molecule has 1 N–H and O–H groups in total. The minimum atomic E-state index is -0.495. The van der Waals surface area contributed by atoms with Crippen LogP contribution in [0, 0.1) is 6.92 Å². The lowest BCUT2D eigenvalue weighted by Gasteiger charge is -2.25. The van der Waals surface area contributed by atoms with Gasteiger partial charge in [-0.05, 0) is 25.5 Å². The fraction of sp³-hybridized carbons (Fsp3) is 0.571. The molecule has 0 aliphatic carbocycles. The summed E-state index contributed by atoms with van der Waals surface area (Å²) in [5.41, 5.74) is 2.01. The van der Waals surface area contributed by atoms with Crippen LogP contribution in [0.4, 0.5) is 0 Å². The van der Waals surface area contributed by atoms with Gasteiger partial charge < -0.3 is 14.6 Å². The molecule has 1 fully saturated rings. The topological polar surface area (TPSA) is 38.7 Å². The van der Waals surface area contributed by atoms with Gasteiger partial charge in [-0.1, -0.05) is 12.1 Å². The van der Waals surface area contributed by atoms with E-state index in [0.29, 0.717) is 0 Å². The Kier molecular flexibility index (Phi) is 4.02. The molecule has 94 valence electrons. The van der Waals surface area contributed by atoms with Gasteiger partial charge in [0.15, 0.2) is 0 Å². The second-order valence-electron chi connectivity index (χ2n) is 4.65. The van der Waals surface area contributed by atoms with E-state index >= 15 is 0 Å². The van der Waals surface area contributed by atoms with E-state index in [4.69, 9.17) is 9.47 Å². The number of ether oxygens (including phenoxy) is 2. The highest BCUT2D eigenvalue weighted by Gasteiger charge is 2.18. The van der Waals surface area contributed by atoms with Crippen molar-refractivity contribution in [2.45, 2.75) is 38.9 Å². The Morgan fingerprint density at radius 2 is 2.06 bits per heavy atom. The normalized spacial score (nSPS) is 19.0. The molecule has 0 saturated carbocycles. The molecular formula is C14H20O3. The maximum atomic E-state index is 9.72. The van der Waals surface area contributed by atoms with E-state index in [1.807, 2.05) is 25.1 Å². The van der Waals surface area contributed by atoms with Crippen molar-refractivity contribution < 1.29 is 14.6 Å². The molecule has 1 atom stereocenters. The molecule has 1 aromatic rings. The molecule has 0 aromatic heterocycles. The van der Waals surface area contributed by atoms with Crippen molar-refractivity contribution in [1.82, 2.24) is 0 Å². The summed E-state index contributed by atoms with van der Waals surface area (Å²) in [5, 5.41) is 9.72. The summed E-state index contributed by atoms with van der Waals surface area (Å²) in [4.78, 5) is 0. The molecule has 1 saturated heterocycles. The van der Waals surface area contributed by atoms with Gasteiger partial charge in [-0.2, -0.15) is 0 Å². The highest BCUT2D eigenvalue weighted by Crippen LogP contribution is 2.28. The fourth-order valence-electron chi connectivity index (χ4n) is 2.06. The third kappa shape index (κ3) is 3.20. The van der Waals surface area contributed by atoms with Crippen molar-refractivity contribution in [2.75, 3.05) is 13.2 Å². The highest BCUT2D eigenvalue weighted by molar-refractivity contribution is 5.38. The molecule has 3 nitrogen and oxygen atoms in total. The molecule has 1 aliphatic heterocycles. The van der Waals surface area contributed by atoms with Crippen LogP contribution in [0.25, 0.3) is 0 Å². The Labute approximate surface area is 102 Å². The third-order valence-electron chi connectivity index (χ3n) is 3.08. The zero-order valence-electron chi connectivity index (χ0n) is 10.5. The van der Waals surface area contributed by atoms with E-state index in [2.05, 4.69) is 0 Å². The van der Waals surface area contributed by atoms with Crippen molar-refractivity contribution in [1.29, 1.82) is 0 Å². The van der Waals surface area contributed by atoms with Gasteiger partial charge in [0.05, 0.1) is 19.3 Å². The lowest BCUT2D eigenvalue weighted by molar-refractivity contribution is 0.0242. The summed E-state index contributed by atoms with van der Waals surface area (Å²) in [6.07, 6.45) is 1.56. The highest BCUT2D eigenvalue weighted by atomic mass is 16.5. The van der Waals surface area contributed by atoms with Gasteiger partial charge in [-0.15, -0.1) is 0 Å². The molecule has 1 aliphatic rings. The van der Waals surface area contributed by atoms with Gasteiger partial charge in [0, 0.05) is 18.4 Å². The Morgan fingerprint density at radius 3 is 2.71 bits per heavy atom. The zero-order chi connectivity index (χ0) is 12.3. The summed E-state index contributed by atoms with van der Waals surface area (Å²) < 4.78 is 11.3. The number of rotatable bonds is 3. The van der Waals surface area contributed by atoms with Crippen molar-refractivity contribution in [2.24, 2.45) is 0 Å². The monoisotopic (exact) mass is 236 g/mol. The van der Waals surface area contributed by atoms with E-state index in [9.17, 15) is 5.11 Å². The molecule has 17 heavy (non-hydrogen) atoms. The minimum Gasteiger partial charge on any atom is -0.490 e. The smallest absolute Gasteiger partial charge is 0.125 e. The quantitative estimate of drug-likeness (QED) is 0.876. The molecule has 1 heterocycles. The maximum absolute atomic E-state index is 9.72. The van der Waals surface area contributed by atoms with Crippen molar-refractivity contribution in [3.8, 4) is 5.75 Å². The molecule has 0 bridgehead atoms. The number of benzene rings is 1. The molecule has 0 radical (unpaired) electrons. The van der Waals surface area contributed by atoms with E-state index in [1.165, 1.54) is 0 Å². The minimum absolute atomic E-state index is 0.211. The molecular weight excluding hydrogens is 216 g/mol. The number of aliphatic hydroxyl groups is 1. The standard InChI is InChI=1S/C14H20O3/c1-10-3-4-13(11(2)15)14(9-10)17-12-5-7-16-8-6-12/h3-4,9,11-12,15H,5-8H2,1-2H3. The summed E-state index contributed by atoms with van der Waals surface area (Å²) in [5.74, 6) is 0.812. The van der Waals surface area contributed by atoms with Crippen molar-refractivity contribution in [3.05, 3.63) is 29.3 Å². The van der Waals surface area contributed by atoms with E-state index in [-0.39, 0.29) is 6.10 Å². The van der Waals surface area contributed by atoms with Gasteiger partial charge in [-0.25, -0.2) is 0 Å². The number of hydrogen-bond donors (Lipinski definition) is 1. The fourth-order valence-corrected chi connectivity index (χ4v) is 2.06. The molecule has 3 heteroatoms. The van der Waals surface area contributed by atoms with E-state index < -0.39 is 6.10 Å². The first-order valence-corrected chi connectivity index (χ1v) is 6.20. The molecule has 2 rings (SSSR count).